The number of rotatable bonds is 7. The van der Waals surface area contributed by atoms with Crippen LogP contribution in [0.2, 0.25) is 5.02 Å². The summed E-state index contributed by atoms with van der Waals surface area (Å²) < 4.78 is 9.75. The summed E-state index contributed by atoms with van der Waals surface area (Å²) in [5.74, 6) is 0. The minimum absolute atomic E-state index is 0.619. The van der Waals surface area contributed by atoms with Crippen molar-refractivity contribution in [3.05, 3.63) is 53.6 Å². The lowest BCUT2D eigenvalue weighted by Gasteiger charge is -1.99. The van der Waals surface area contributed by atoms with Crippen LogP contribution < -0.4 is 4.57 Å². The molecule has 0 aliphatic rings. The Morgan fingerprint density at radius 1 is 1.26 bits per heavy atom. The van der Waals surface area contributed by atoms with Crippen LogP contribution in [0.25, 0.3) is 0 Å². The lowest BCUT2D eigenvalue weighted by atomic mass is 10.2. The fraction of sp³-hybridized carbons (Fsp3) is 0.400. The highest BCUT2D eigenvalue weighted by molar-refractivity contribution is 6.30. The van der Waals surface area contributed by atoms with Crippen molar-refractivity contribution in [1.29, 1.82) is 0 Å². The lowest BCUT2D eigenvalue weighted by Crippen LogP contribution is -2.31. The molecular weight excluding hydrogens is 260 g/mol. The average Bonchev–Trinajstić information content (AvgIpc) is 2.85. The number of halogens is 1. The van der Waals surface area contributed by atoms with Crippen molar-refractivity contribution < 1.29 is 9.30 Å². The zero-order chi connectivity index (χ0) is 13.5. The van der Waals surface area contributed by atoms with Gasteiger partial charge in [-0.05, 0) is 24.1 Å². The molecule has 0 N–H and O–H groups in total. The van der Waals surface area contributed by atoms with Gasteiger partial charge in [-0.2, -0.15) is 0 Å². The van der Waals surface area contributed by atoms with Gasteiger partial charge in [-0.1, -0.05) is 37.1 Å². The quantitative estimate of drug-likeness (QED) is 0.562. The molecule has 2 aromatic rings. The van der Waals surface area contributed by atoms with Crippen LogP contribution in [0.4, 0.5) is 0 Å². The van der Waals surface area contributed by atoms with Crippen LogP contribution in [0.3, 0.4) is 0 Å². The van der Waals surface area contributed by atoms with E-state index in [1.54, 1.807) is 0 Å². The van der Waals surface area contributed by atoms with Crippen molar-refractivity contribution in [2.75, 3.05) is 6.61 Å². The van der Waals surface area contributed by atoms with E-state index in [4.69, 9.17) is 16.3 Å². The summed E-state index contributed by atoms with van der Waals surface area (Å²) in [6.45, 7) is 4.46. The molecule has 0 atom stereocenters. The molecule has 1 aromatic carbocycles. The van der Waals surface area contributed by atoms with Crippen molar-refractivity contribution in [3.63, 3.8) is 0 Å². The molecule has 3 nitrogen and oxygen atoms in total. The van der Waals surface area contributed by atoms with Crippen molar-refractivity contribution in [3.8, 4) is 0 Å². The molecular formula is C15H20ClN2O+. The fourth-order valence-corrected chi connectivity index (χ4v) is 1.95. The number of imidazole rings is 1. The first kappa shape index (κ1) is 14.1. The van der Waals surface area contributed by atoms with Gasteiger partial charge in [-0.25, -0.2) is 9.13 Å². The first-order valence-corrected chi connectivity index (χ1v) is 7.02. The Bertz CT molecular complexity index is 493. The number of ether oxygens (including phenoxy) is 1. The third-order valence-electron chi connectivity index (χ3n) is 2.91. The van der Waals surface area contributed by atoms with Gasteiger partial charge in [0, 0.05) is 5.02 Å². The van der Waals surface area contributed by atoms with Crippen LogP contribution in [0.5, 0.6) is 0 Å². The molecule has 1 aromatic heterocycles. The Balaban J connectivity index is 1.85. The standard InChI is InChI=1S/C15H20ClN2O/c1-2-3-10-19-13-18-9-8-17(12-18)11-14-4-6-15(16)7-5-14/h4-9,12H,2-3,10-11,13H2,1H3/q+1. The number of hydrogen-bond donors (Lipinski definition) is 0. The second kappa shape index (κ2) is 7.31. The second-order valence-corrected chi connectivity index (χ2v) is 5.05. The predicted molar refractivity (Wildman–Crippen MR) is 76.0 cm³/mol. The molecule has 0 spiro atoms. The molecule has 4 heteroatoms. The molecule has 1 heterocycles. The molecule has 0 amide bonds. The van der Waals surface area contributed by atoms with Crippen LogP contribution in [0.1, 0.15) is 25.3 Å². The molecule has 2 rings (SSSR count). The van der Waals surface area contributed by atoms with Gasteiger partial charge in [0.15, 0.2) is 6.73 Å². The molecule has 102 valence electrons. The Labute approximate surface area is 119 Å². The lowest BCUT2D eigenvalue weighted by molar-refractivity contribution is -0.688. The van der Waals surface area contributed by atoms with Crippen molar-refractivity contribution in [2.24, 2.45) is 0 Å². The van der Waals surface area contributed by atoms with Crippen LogP contribution >= 0.6 is 11.6 Å². The van der Waals surface area contributed by atoms with Gasteiger partial charge in [0.1, 0.15) is 18.9 Å². The van der Waals surface area contributed by atoms with Gasteiger partial charge in [-0.15, -0.1) is 0 Å². The molecule has 0 saturated carbocycles. The van der Waals surface area contributed by atoms with Gasteiger partial charge in [0.25, 0.3) is 0 Å². The van der Waals surface area contributed by atoms with E-state index in [1.807, 2.05) is 35.0 Å². The third kappa shape index (κ3) is 4.69. The monoisotopic (exact) mass is 279 g/mol. The largest absolute Gasteiger partial charge is 0.342 e. The number of benzene rings is 1. The molecule has 0 fully saturated rings. The van der Waals surface area contributed by atoms with Gasteiger partial charge in [-0.3, -0.25) is 0 Å². The number of nitrogens with zero attached hydrogens (tertiary/aromatic N) is 2. The van der Waals surface area contributed by atoms with E-state index < -0.39 is 0 Å². The highest BCUT2D eigenvalue weighted by Crippen LogP contribution is 2.09. The van der Waals surface area contributed by atoms with Crippen molar-refractivity contribution >= 4 is 11.6 Å². The van der Waals surface area contributed by atoms with Gasteiger partial charge >= 0.3 is 0 Å². The highest BCUT2D eigenvalue weighted by Gasteiger charge is 2.04. The summed E-state index contributed by atoms with van der Waals surface area (Å²) in [7, 11) is 0. The normalized spacial score (nSPS) is 10.8. The molecule has 0 radical (unpaired) electrons. The van der Waals surface area contributed by atoms with E-state index in [-0.39, 0.29) is 0 Å². The van der Waals surface area contributed by atoms with Crippen LogP contribution in [-0.4, -0.2) is 11.2 Å². The summed E-state index contributed by atoms with van der Waals surface area (Å²) in [5, 5.41) is 0.774. The first-order chi connectivity index (χ1) is 9.28. The third-order valence-corrected chi connectivity index (χ3v) is 3.16. The molecule has 0 aliphatic carbocycles. The summed E-state index contributed by atoms with van der Waals surface area (Å²) in [4.78, 5) is 0. The zero-order valence-electron chi connectivity index (χ0n) is 11.3. The Morgan fingerprint density at radius 2 is 2.05 bits per heavy atom. The van der Waals surface area contributed by atoms with Crippen molar-refractivity contribution in [1.82, 2.24) is 4.57 Å². The molecule has 0 saturated heterocycles. The van der Waals surface area contributed by atoms with Crippen LogP contribution in [0, 0.1) is 0 Å². The Morgan fingerprint density at radius 3 is 2.79 bits per heavy atom. The minimum atomic E-state index is 0.619. The van der Waals surface area contributed by atoms with E-state index in [0.29, 0.717) is 6.73 Å². The predicted octanol–water partition coefficient (Wildman–Crippen LogP) is 3.25. The van der Waals surface area contributed by atoms with E-state index in [9.17, 15) is 0 Å². The summed E-state index contributed by atoms with van der Waals surface area (Å²) >= 11 is 5.87. The number of hydrogen-bond acceptors (Lipinski definition) is 1. The van der Waals surface area contributed by atoms with E-state index in [2.05, 4.69) is 24.0 Å². The van der Waals surface area contributed by atoms with Gasteiger partial charge < -0.3 is 4.74 Å². The molecule has 19 heavy (non-hydrogen) atoms. The summed E-state index contributed by atoms with van der Waals surface area (Å²) in [6.07, 6.45) is 8.43. The number of aromatic nitrogens is 2. The topological polar surface area (TPSA) is 18.0 Å². The van der Waals surface area contributed by atoms with Crippen molar-refractivity contribution in [2.45, 2.75) is 33.0 Å². The molecule has 0 aliphatic heterocycles. The highest BCUT2D eigenvalue weighted by atomic mass is 35.5. The average molecular weight is 280 g/mol. The second-order valence-electron chi connectivity index (χ2n) is 4.62. The number of unbranched alkanes of at least 4 members (excludes halogenated alkanes) is 1. The van der Waals surface area contributed by atoms with Crippen LogP contribution in [-0.2, 0) is 18.0 Å². The first-order valence-electron chi connectivity index (χ1n) is 6.65. The summed E-state index contributed by atoms with van der Waals surface area (Å²) in [6, 6.07) is 7.93. The molecule has 0 bridgehead atoms. The Kier molecular flexibility index (Phi) is 5.43. The Hall–Kier alpha value is -1.32. The fourth-order valence-electron chi connectivity index (χ4n) is 1.83. The summed E-state index contributed by atoms with van der Waals surface area (Å²) in [5.41, 5.74) is 1.24. The van der Waals surface area contributed by atoms with E-state index >= 15 is 0 Å². The smallest absolute Gasteiger partial charge is 0.245 e. The zero-order valence-corrected chi connectivity index (χ0v) is 12.0. The van der Waals surface area contributed by atoms with E-state index in [0.717, 1.165) is 24.6 Å². The minimum Gasteiger partial charge on any atom is -0.342 e. The maximum atomic E-state index is 5.87. The molecule has 0 unspecified atom stereocenters. The maximum Gasteiger partial charge on any atom is 0.245 e. The van der Waals surface area contributed by atoms with Crippen LogP contribution in [0.15, 0.2) is 43.0 Å². The SMILES string of the molecule is CCCCOCn1cc[n+](Cc2ccc(Cl)cc2)c1. The van der Waals surface area contributed by atoms with Gasteiger partial charge in [0.2, 0.25) is 6.33 Å². The maximum absolute atomic E-state index is 5.87. The van der Waals surface area contributed by atoms with Gasteiger partial charge in [0.05, 0.1) is 6.61 Å². The van der Waals surface area contributed by atoms with E-state index in [1.165, 1.54) is 12.0 Å².